The molecule has 2 nitrogen and oxygen atoms in total. The Morgan fingerprint density at radius 2 is 1.62 bits per heavy atom. The fraction of sp³-hybridized carbons (Fsp3) is 0. The van der Waals surface area contributed by atoms with E-state index < -0.39 is 0 Å². The van der Waals surface area contributed by atoms with Crippen LogP contribution in [0.5, 0.6) is 5.75 Å². The smallest absolute Gasteiger partial charge is 0.171 e. The van der Waals surface area contributed by atoms with E-state index in [1.54, 1.807) is 24.3 Å². The first-order chi connectivity index (χ1) is 7.61. The van der Waals surface area contributed by atoms with Crippen LogP contribution in [-0.2, 0) is 0 Å². The van der Waals surface area contributed by atoms with Crippen LogP contribution in [0.4, 0.5) is 0 Å². The van der Waals surface area contributed by atoms with Gasteiger partial charge in [-0.2, -0.15) is 0 Å². The topological polar surface area (TPSA) is 33.1 Å². The second-order valence-electron chi connectivity index (χ2n) is 3.09. The summed E-state index contributed by atoms with van der Waals surface area (Å²) in [5.74, 6) is -0.126. The molecule has 0 bridgehead atoms. The van der Waals surface area contributed by atoms with Crippen LogP contribution in [0.15, 0.2) is 30.5 Å². The molecule has 82 valence electrons. The minimum Gasteiger partial charge on any atom is -0.504 e. The van der Waals surface area contributed by atoms with Crippen LogP contribution in [0.1, 0.15) is 0 Å². The zero-order valence-corrected chi connectivity index (χ0v) is 10.2. The van der Waals surface area contributed by atoms with Crippen LogP contribution in [0.3, 0.4) is 0 Å². The number of halogens is 3. The van der Waals surface area contributed by atoms with E-state index in [2.05, 4.69) is 4.98 Å². The highest BCUT2D eigenvalue weighted by atomic mass is 35.5. The molecule has 2 aromatic rings. The van der Waals surface area contributed by atoms with Crippen molar-refractivity contribution in [2.24, 2.45) is 0 Å². The lowest BCUT2D eigenvalue weighted by molar-refractivity contribution is 0.475. The molecule has 2 rings (SSSR count). The molecule has 0 aliphatic heterocycles. The largest absolute Gasteiger partial charge is 0.504 e. The molecule has 0 atom stereocenters. The second-order valence-corrected chi connectivity index (χ2v) is 4.27. The third-order valence-corrected chi connectivity index (χ3v) is 3.02. The van der Waals surface area contributed by atoms with E-state index in [1.807, 2.05) is 0 Å². The molecule has 0 aliphatic carbocycles. The predicted molar refractivity (Wildman–Crippen MR) is 66.4 cm³/mol. The first-order valence-corrected chi connectivity index (χ1v) is 5.52. The highest BCUT2D eigenvalue weighted by Gasteiger charge is 2.14. The number of aromatic nitrogens is 1. The van der Waals surface area contributed by atoms with E-state index in [0.717, 1.165) is 0 Å². The van der Waals surface area contributed by atoms with Gasteiger partial charge in [0, 0.05) is 17.3 Å². The Labute approximate surface area is 107 Å². The quantitative estimate of drug-likeness (QED) is 0.781. The number of hydrogen-bond donors (Lipinski definition) is 1. The summed E-state index contributed by atoms with van der Waals surface area (Å²) in [7, 11) is 0. The van der Waals surface area contributed by atoms with Gasteiger partial charge in [-0.25, -0.2) is 4.98 Å². The summed E-state index contributed by atoms with van der Waals surface area (Å²) >= 11 is 17.8. The van der Waals surface area contributed by atoms with Crippen molar-refractivity contribution in [1.82, 2.24) is 4.98 Å². The predicted octanol–water partition coefficient (Wildman–Crippen LogP) is 4.41. The lowest BCUT2D eigenvalue weighted by atomic mass is 10.1. The fourth-order valence-corrected chi connectivity index (χ4v) is 2.14. The SMILES string of the molecule is Oc1c(-c2c(Cl)cccc2Cl)ccnc1Cl. The molecular weight excluding hydrogens is 268 g/mol. The zero-order valence-electron chi connectivity index (χ0n) is 7.92. The van der Waals surface area contributed by atoms with Gasteiger partial charge < -0.3 is 5.11 Å². The molecular formula is C11H6Cl3NO. The Hall–Kier alpha value is -0.960. The fourth-order valence-electron chi connectivity index (χ4n) is 1.39. The number of hydrogen-bond acceptors (Lipinski definition) is 2. The van der Waals surface area contributed by atoms with Crippen molar-refractivity contribution in [3.63, 3.8) is 0 Å². The van der Waals surface area contributed by atoms with Crippen LogP contribution >= 0.6 is 34.8 Å². The van der Waals surface area contributed by atoms with Gasteiger partial charge in [0.1, 0.15) is 0 Å². The average molecular weight is 275 g/mol. The van der Waals surface area contributed by atoms with E-state index in [-0.39, 0.29) is 10.9 Å². The maximum Gasteiger partial charge on any atom is 0.171 e. The summed E-state index contributed by atoms with van der Waals surface area (Å²) in [6.07, 6.45) is 1.48. The lowest BCUT2D eigenvalue weighted by Gasteiger charge is -2.09. The molecule has 0 saturated carbocycles. The molecule has 0 spiro atoms. The van der Waals surface area contributed by atoms with Gasteiger partial charge >= 0.3 is 0 Å². The molecule has 1 N–H and O–H groups in total. The number of aromatic hydroxyl groups is 1. The Kier molecular flexibility index (Phi) is 3.24. The highest BCUT2D eigenvalue weighted by molar-refractivity contribution is 6.39. The van der Waals surface area contributed by atoms with E-state index in [4.69, 9.17) is 34.8 Å². The molecule has 5 heteroatoms. The van der Waals surface area contributed by atoms with E-state index in [9.17, 15) is 5.11 Å². The summed E-state index contributed by atoms with van der Waals surface area (Å²) < 4.78 is 0. The molecule has 1 heterocycles. The van der Waals surface area contributed by atoms with Crippen LogP contribution in [0.2, 0.25) is 15.2 Å². The minimum atomic E-state index is -0.126. The van der Waals surface area contributed by atoms with Crippen molar-refractivity contribution in [3.8, 4) is 16.9 Å². The Morgan fingerprint density at radius 1 is 1.00 bits per heavy atom. The molecule has 0 amide bonds. The Morgan fingerprint density at radius 3 is 2.25 bits per heavy atom. The van der Waals surface area contributed by atoms with Crippen LogP contribution in [0, 0.1) is 0 Å². The summed E-state index contributed by atoms with van der Waals surface area (Å²) in [6.45, 7) is 0. The first-order valence-electron chi connectivity index (χ1n) is 4.39. The maximum atomic E-state index is 9.79. The summed E-state index contributed by atoms with van der Waals surface area (Å²) in [5, 5.41) is 10.7. The van der Waals surface area contributed by atoms with Gasteiger partial charge in [-0.3, -0.25) is 0 Å². The molecule has 0 aliphatic rings. The average Bonchev–Trinajstić information content (AvgIpc) is 2.24. The van der Waals surface area contributed by atoms with E-state index in [1.165, 1.54) is 6.20 Å². The van der Waals surface area contributed by atoms with Crippen molar-refractivity contribution in [3.05, 3.63) is 45.7 Å². The molecule has 0 radical (unpaired) electrons. The molecule has 0 unspecified atom stereocenters. The van der Waals surface area contributed by atoms with Gasteiger partial charge in [0.05, 0.1) is 10.0 Å². The van der Waals surface area contributed by atoms with Crippen molar-refractivity contribution in [1.29, 1.82) is 0 Å². The van der Waals surface area contributed by atoms with Crippen LogP contribution in [0.25, 0.3) is 11.1 Å². The summed E-state index contributed by atoms with van der Waals surface area (Å²) in [5.41, 5.74) is 1.02. The van der Waals surface area contributed by atoms with E-state index in [0.29, 0.717) is 21.2 Å². The van der Waals surface area contributed by atoms with Crippen LogP contribution in [-0.4, -0.2) is 10.1 Å². The van der Waals surface area contributed by atoms with Gasteiger partial charge in [0.2, 0.25) is 0 Å². The van der Waals surface area contributed by atoms with Crippen molar-refractivity contribution >= 4 is 34.8 Å². The molecule has 0 fully saturated rings. The van der Waals surface area contributed by atoms with Gasteiger partial charge in [-0.1, -0.05) is 40.9 Å². The lowest BCUT2D eigenvalue weighted by Crippen LogP contribution is -1.85. The minimum absolute atomic E-state index is 0.0217. The number of nitrogens with zero attached hydrogens (tertiary/aromatic N) is 1. The Bertz CT molecular complexity index is 522. The Balaban J connectivity index is 2.73. The normalized spacial score (nSPS) is 10.4. The van der Waals surface area contributed by atoms with Gasteiger partial charge in [0.15, 0.2) is 10.9 Å². The zero-order chi connectivity index (χ0) is 11.7. The molecule has 0 saturated heterocycles. The highest BCUT2D eigenvalue weighted by Crippen LogP contribution is 2.40. The van der Waals surface area contributed by atoms with E-state index >= 15 is 0 Å². The number of pyridine rings is 1. The second kappa shape index (κ2) is 4.50. The molecule has 1 aromatic heterocycles. The van der Waals surface area contributed by atoms with Crippen molar-refractivity contribution in [2.75, 3.05) is 0 Å². The van der Waals surface area contributed by atoms with Crippen molar-refractivity contribution in [2.45, 2.75) is 0 Å². The summed E-state index contributed by atoms with van der Waals surface area (Å²) in [6, 6.07) is 6.72. The van der Waals surface area contributed by atoms with Gasteiger partial charge in [0.25, 0.3) is 0 Å². The molecule has 16 heavy (non-hydrogen) atoms. The maximum absolute atomic E-state index is 9.79. The third-order valence-electron chi connectivity index (χ3n) is 2.11. The van der Waals surface area contributed by atoms with Gasteiger partial charge in [-0.05, 0) is 18.2 Å². The van der Waals surface area contributed by atoms with Gasteiger partial charge in [-0.15, -0.1) is 0 Å². The monoisotopic (exact) mass is 273 g/mol. The number of rotatable bonds is 1. The standard InChI is InChI=1S/C11H6Cl3NO/c12-7-2-1-3-8(13)9(7)6-4-5-15-11(14)10(6)16/h1-5,16H. The first kappa shape index (κ1) is 11.5. The summed E-state index contributed by atoms with van der Waals surface area (Å²) in [4.78, 5) is 3.75. The third kappa shape index (κ3) is 1.96. The number of benzene rings is 1. The van der Waals surface area contributed by atoms with Crippen LogP contribution < -0.4 is 0 Å². The van der Waals surface area contributed by atoms with Crippen molar-refractivity contribution < 1.29 is 5.11 Å². The molecule has 1 aromatic carbocycles.